The molecule has 1 fully saturated rings. The monoisotopic (exact) mass is 245 g/mol. The summed E-state index contributed by atoms with van der Waals surface area (Å²) in [5.41, 5.74) is 6.00. The summed E-state index contributed by atoms with van der Waals surface area (Å²) in [6.07, 6.45) is 5.33. The summed E-state index contributed by atoms with van der Waals surface area (Å²) in [5, 5.41) is 3.80. The first kappa shape index (κ1) is 13.5. The minimum atomic E-state index is 0.502. The van der Waals surface area contributed by atoms with Crippen molar-refractivity contribution >= 4 is 5.69 Å². The molecule has 18 heavy (non-hydrogen) atoms. The summed E-state index contributed by atoms with van der Waals surface area (Å²) < 4.78 is 0. The Morgan fingerprint density at radius 2 is 1.72 bits per heavy atom. The summed E-state index contributed by atoms with van der Waals surface area (Å²) in [6.45, 7) is 11.4. The van der Waals surface area contributed by atoms with E-state index < -0.39 is 0 Å². The summed E-state index contributed by atoms with van der Waals surface area (Å²) in [5.74, 6) is 0. The average Bonchev–Trinajstić information content (AvgIpc) is 2.22. The van der Waals surface area contributed by atoms with E-state index in [4.69, 9.17) is 0 Å². The van der Waals surface area contributed by atoms with Gasteiger partial charge in [-0.25, -0.2) is 0 Å². The van der Waals surface area contributed by atoms with Crippen LogP contribution in [-0.4, -0.2) is 6.04 Å². The highest BCUT2D eigenvalue weighted by Gasteiger charge is 2.28. The maximum atomic E-state index is 3.80. The molecule has 0 saturated heterocycles. The Kier molecular flexibility index (Phi) is 3.70. The third kappa shape index (κ3) is 3.07. The molecule has 2 rings (SSSR count). The van der Waals surface area contributed by atoms with Crippen LogP contribution in [0.5, 0.6) is 0 Å². The Morgan fingerprint density at radius 1 is 1.11 bits per heavy atom. The van der Waals surface area contributed by atoms with Crippen LogP contribution in [0.2, 0.25) is 0 Å². The second kappa shape index (κ2) is 4.95. The van der Waals surface area contributed by atoms with Crippen LogP contribution in [-0.2, 0) is 0 Å². The molecule has 1 saturated carbocycles. The number of aryl methyl sites for hydroxylation is 3. The third-order valence-corrected chi connectivity index (χ3v) is 4.23. The number of benzene rings is 1. The Morgan fingerprint density at radius 3 is 2.28 bits per heavy atom. The van der Waals surface area contributed by atoms with Gasteiger partial charge in [-0.15, -0.1) is 0 Å². The van der Waals surface area contributed by atoms with E-state index >= 15 is 0 Å². The van der Waals surface area contributed by atoms with E-state index in [1.54, 1.807) is 0 Å². The molecule has 0 heterocycles. The predicted molar refractivity (Wildman–Crippen MR) is 80.3 cm³/mol. The third-order valence-electron chi connectivity index (χ3n) is 4.23. The van der Waals surface area contributed by atoms with Crippen molar-refractivity contribution in [3.63, 3.8) is 0 Å². The SMILES string of the molecule is Cc1cc(C)c(NC2CCCC(C)(C)C2)c(C)c1. The van der Waals surface area contributed by atoms with Crippen LogP contribution < -0.4 is 5.32 Å². The Bertz CT molecular complexity index is 408. The lowest BCUT2D eigenvalue weighted by molar-refractivity contribution is 0.229. The lowest BCUT2D eigenvalue weighted by Gasteiger charge is -2.36. The van der Waals surface area contributed by atoms with Gasteiger partial charge in [0, 0.05) is 11.7 Å². The lowest BCUT2D eigenvalue weighted by Crippen LogP contribution is -2.32. The van der Waals surface area contributed by atoms with Crippen molar-refractivity contribution < 1.29 is 0 Å². The van der Waals surface area contributed by atoms with Gasteiger partial charge in [-0.05, 0) is 56.6 Å². The first-order chi connectivity index (χ1) is 8.37. The molecule has 0 spiro atoms. The quantitative estimate of drug-likeness (QED) is 0.773. The number of anilines is 1. The molecular formula is C17H27N. The summed E-state index contributed by atoms with van der Waals surface area (Å²) in [7, 11) is 0. The summed E-state index contributed by atoms with van der Waals surface area (Å²) >= 11 is 0. The first-order valence-corrected chi connectivity index (χ1v) is 7.22. The standard InChI is InChI=1S/C17H27N/c1-12-9-13(2)16(14(3)10-12)18-15-7-6-8-17(4,5)11-15/h9-10,15,18H,6-8,11H2,1-5H3. The van der Waals surface area contributed by atoms with Crippen molar-refractivity contribution in [3.05, 3.63) is 28.8 Å². The van der Waals surface area contributed by atoms with E-state index in [0.717, 1.165) is 0 Å². The van der Waals surface area contributed by atoms with Gasteiger partial charge in [0.25, 0.3) is 0 Å². The molecule has 0 amide bonds. The van der Waals surface area contributed by atoms with E-state index in [2.05, 4.69) is 52.1 Å². The number of hydrogen-bond acceptors (Lipinski definition) is 1. The van der Waals surface area contributed by atoms with Gasteiger partial charge in [0.2, 0.25) is 0 Å². The molecule has 0 bridgehead atoms. The predicted octanol–water partition coefficient (Wildman–Crippen LogP) is 4.99. The molecule has 1 aliphatic carbocycles. The van der Waals surface area contributed by atoms with Crippen molar-refractivity contribution in [1.29, 1.82) is 0 Å². The summed E-state index contributed by atoms with van der Waals surface area (Å²) in [4.78, 5) is 0. The van der Waals surface area contributed by atoms with Crippen molar-refractivity contribution in [3.8, 4) is 0 Å². The molecular weight excluding hydrogens is 218 g/mol. The van der Waals surface area contributed by atoms with E-state index in [0.29, 0.717) is 11.5 Å². The zero-order chi connectivity index (χ0) is 13.3. The minimum absolute atomic E-state index is 0.502. The van der Waals surface area contributed by atoms with Crippen molar-refractivity contribution in [2.24, 2.45) is 5.41 Å². The van der Waals surface area contributed by atoms with Gasteiger partial charge in [-0.1, -0.05) is 38.0 Å². The maximum absolute atomic E-state index is 3.80. The molecule has 0 aromatic heterocycles. The van der Waals surface area contributed by atoms with Crippen LogP contribution in [0.25, 0.3) is 0 Å². The Labute approximate surface area is 112 Å². The van der Waals surface area contributed by atoms with Crippen molar-refractivity contribution in [2.75, 3.05) is 5.32 Å². The van der Waals surface area contributed by atoms with E-state index in [9.17, 15) is 0 Å². The van der Waals surface area contributed by atoms with Gasteiger partial charge in [-0.3, -0.25) is 0 Å². The van der Waals surface area contributed by atoms with Crippen molar-refractivity contribution in [1.82, 2.24) is 0 Å². The van der Waals surface area contributed by atoms with E-state index in [1.165, 1.54) is 48.1 Å². The number of nitrogens with one attached hydrogen (secondary N) is 1. The molecule has 0 aliphatic heterocycles. The van der Waals surface area contributed by atoms with Gasteiger partial charge in [0.05, 0.1) is 0 Å². The molecule has 1 aliphatic rings. The minimum Gasteiger partial charge on any atom is -0.382 e. The fourth-order valence-electron chi connectivity index (χ4n) is 3.43. The largest absolute Gasteiger partial charge is 0.382 e. The highest BCUT2D eigenvalue weighted by atomic mass is 14.9. The fourth-order valence-corrected chi connectivity index (χ4v) is 3.43. The molecule has 1 N–H and O–H groups in total. The Balaban J connectivity index is 2.14. The highest BCUT2D eigenvalue weighted by molar-refractivity contribution is 5.58. The van der Waals surface area contributed by atoms with Gasteiger partial charge < -0.3 is 5.32 Å². The van der Waals surface area contributed by atoms with Crippen LogP contribution in [0, 0.1) is 26.2 Å². The molecule has 1 aromatic rings. The molecule has 1 aromatic carbocycles. The first-order valence-electron chi connectivity index (χ1n) is 7.22. The molecule has 1 nitrogen and oxygen atoms in total. The fraction of sp³-hybridized carbons (Fsp3) is 0.647. The van der Waals surface area contributed by atoms with E-state index in [1.807, 2.05) is 0 Å². The maximum Gasteiger partial charge on any atom is 0.0401 e. The molecule has 1 heteroatoms. The van der Waals surface area contributed by atoms with Crippen LogP contribution in [0.3, 0.4) is 0 Å². The van der Waals surface area contributed by atoms with Crippen LogP contribution >= 0.6 is 0 Å². The highest BCUT2D eigenvalue weighted by Crippen LogP contribution is 2.37. The van der Waals surface area contributed by atoms with Crippen LogP contribution in [0.15, 0.2) is 12.1 Å². The zero-order valence-electron chi connectivity index (χ0n) is 12.6. The lowest BCUT2D eigenvalue weighted by atomic mass is 9.75. The molecule has 0 radical (unpaired) electrons. The topological polar surface area (TPSA) is 12.0 Å². The smallest absolute Gasteiger partial charge is 0.0401 e. The normalized spacial score (nSPS) is 22.8. The number of hydrogen-bond donors (Lipinski definition) is 1. The zero-order valence-corrected chi connectivity index (χ0v) is 12.6. The van der Waals surface area contributed by atoms with Crippen LogP contribution in [0.4, 0.5) is 5.69 Å². The molecule has 100 valence electrons. The van der Waals surface area contributed by atoms with Gasteiger partial charge >= 0.3 is 0 Å². The van der Waals surface area contributed by atoms with Crippen LogP contribution in [0.1, 0.15) is 56.2 Å². The second-order valence-corrected chi connectivity index (χ2v) is 6.88. The summed E-state index contributed by atoms with van der Waals surface area (Å²) in [6, 6.07) is 5.21. The van der Waals surface area contributed by atoms with Gasteiger partial charge in [-0.2, -0.15) is 0 Å². The van der Waals surface area contributed by atoms with Crippen molar-refractivity contribution in [2.45, 2.75) is 66.3 Å². The van der Waals surface area contributed by atoms with E-state index in [-0.39, 0.29) is 0 Å². The number of rotatable bonds is 2. The Hall–Kier alpha value is -0.980. The molecule has 1 atom stereocenters. The second-order valence-electron chi connectivity index (χ2n) is 6.88. The molecule has 1 unspecified atom stereocenters. The average molecular weight is 245 g/mol. The van der Waals surface area contributed by atoms with Gasteiger partial charge in [0.15, 0.2) is 0 Å². The van der Waals surface area contributed by atoms with Gasteiger partial charge in [0.1, 0.15) is 0 Å².